The van der Waals surface area contributed by atoms with Crippen LogP contribution in [0, 0.1) is 17.8 Å². The topological polar surface area (TPSA) is 54.9 Å². The van der Waals surface area contributed by atoms with E-state index in [0.717, 1.165) is 29.1 Å². The van der Waals surface area contributed by atoms with Gasteiger partial charge in [0.1, 0.15) is 5.75 Å². The standard InChI is InChI=1S/C20H28N2O2/c1-24-18-4-2-14(3-5-18)12-21-19(23)13-22-20-9-15-6-16(10-20)8-17(7-15)11-20/h2-5,15-17,22H,6-13H2,1H3,(H,21,23)/p+1. The van der Waals surface area contributed by atoms with E-state index < -0.39 is 0 Å². The molecule has 0 radical (unpaired) electrons. The van der Waals surface area contributed by atoms with E-state index in [1.165, 1.54) is 38.5 Å². The summed E-state index contributed by atoms with van der Waals surface area (Å²) in [6.07, 6.45) is 8.38. The molecule has 130 valence electrons. The van der Waals surface area contributed by atoms with Gasteiger partial charge in [0.05, 0.1) is 12.6 Å². The third-order valence-electron chi connectivity index (χ3n) is 6.45. The number of methoxy groups -OCH3 is 1. The van der Waals surface area contributed by atoms with Crippen molar-refractivity contribution in [2.75, 3.05) is 13.7 Å². The molecule has 0 atom stereocenters. The number of quaternary nitrogens is 1. The van der Waals surface area contributed by atoms with Crippen molar-refractivity contribution >= 4 is 5.91 Å². The molecule has 4 heteroatoms. The summed E-state index contributed by atoms with van der Waals surface area (Å²) in [6, 6.07) is 7.87. The molecule has 0 aromatic heterocycles. The van der Waals surface area contributed by atoms with Gasteiger partial charge in [-0.1, -0.05) is 12.1 Å². The van der Waals surface area contributed by atoms with E-state index in [4.69, 9.17) is 4.74 Å². The Kier molecular flexibility index (Phi) is 4.25. The van der Waals surface area contributed by atoms with Gasteiger partial charge in [-0.05, 0) is 54.7 Å². The number of carbonyl (C=O) groups is 1. The summed E-state index contributed by atoms with van der Waals surface area (Å²) in [7, 11) is 1.66. The van der Waals surface area contributed by atoms with E-state index in [-0.39, 0.29) is 5.91 Å². The highest BCUT2D eigenvalue weighted by atomic mass is 16.5. The van der Waals surface area contributed by atoms with Gasteiger partial charge in [-0.3, -0.25) is 4.79 Å². The minimum Gasteiger partial charge on any atom is -0.497 e. The monoisotopic (exact) mass is 329 g/mol. The first-order valence-electron chi connectivity index (χ1n) is 9.38. The van der Waals surface area contributed by atoms with Crippen LogP contribution in [0.25, 0.3) is 0 Å². The van der Waals surface area contributed by atoms with Crippen LogP contribution in [0.1, 0.15) is 44.1 Å². The normalized spacial score (nSPS) is 33.5. The molecule has 1 amide bonds. The zero-order chi connectivity index (χ0) is 16.6. The Balaban J connectivity index is 1.26. The molecule has 0 spiro atoms. The number of carbonyl (C=O) groups excluding carboxylic acids is 1. The lowest BCUT2D eigenvalue weighted by molar-refractivity contribution is -0.730. The summed E-state index contributed by atoms with van der Waals surface area (Å²) in [6.45, 7) is 1.17. The minimum atomic E-state index is 0.154. The van der Waals surface area contributed by atoms with Crippen LogP contribution in [0.15, 0.2) is 24.3 Å². The number of nitrogens with one attached hydrogen (secondary N) is 1. The number of rotatable bonds is 6. The van der Waals surface area contributed by atoms with Gasteiger partial charge in [-0.2, -0.15) is 0 Å². The molecule has 4 aliphatic carbocycles. The fraction of sp³-hybridized carbons (Fsp3) is 0.650. The Bertz CT molecular complexity index is 561. The molecular weight excluding hydrogens is 300 g/mol. The van der Waals surface area contributed by atoms with E-state index in [2.05, 4.69) is 10.6 Å². The van der Waals surface area contributed by atoms with Crippen molar-refractivity contribution < 1.29 is 14.8 Å². The molecule has 0 aliphatic heterocycles. The van der Waals surface area contributed by atoms with E-state index >= 15 is 0 Å². The van der Waals surface area contributed by atoms with Gasteiger partial charge in [-0.15, -0.1) is 0 Å². The second-order valence-corrected chi connectivity index (χ2v) is 8.31. The quantitative estimate of drug-likeness (QED) is 0.837. The predicted molar refractivity (Wildman–Crippen MR) is 92.5 cm³/mol. The molecule has 4 aliphatic rings. The summed E-state index contributed by atoms with van der Waals surface area (Å²) in [5.41, 5.74) is 1.49. The van der Waals surface area contributed by atoms with E-state index in [0.29, 0.717) is 18.6 Å². The Morgan fingerprint density at radius 1 is 1.12 bits per heavy atom. The van der Waals surface area contributed by atoms with Gasteiger partial charge in [-0.25, -0.2) is 0 Å². The maximum absolute atomic E-state index is 12.3. The molecule has 1 aromatic carbocycles. The largest absolute Gasteiger partial charge is 0.497 e. The third kappa shape index (κ3) is 3.30. The van der Waals surface area contributed by atoms with Gasteiger partial charge < -0.3 is 15.4 Å². The zero-order valence-corrected chi connectivity index (χ0v) is 14.6. The second-order valence-electron chi connectivity index (χ2n) is 8.31. The lowest BCUT2D eigenvalue weighted by atomic mass is 9.53. The van der Waals surface area contributed by atoms with Crippen molar-refractivity contribution in [2.45, 2.75) is 50.6 Å². The van der Waals surface area contributed by atoms with E-state index in [1.807, 2.05) is 24.3 Å². The molecule has 1 aromatic rings. The summed E-state index contributed by atoms with van der Waals surface area (Å²) < 4.78 is 5.16. The molecule has 4 fully saturated rings. The summed E-state index contributed by atoms with van der Waals surface area (Å²) >= 11 is 0. The van der Waals surface area contributed by atoms with Crippen molar-refractivity contribution in [3.05, 3.63) is 29.8 Å². The molecule has 3 N–H and O–H groups in total. The van der Waals surface area contributed by atoms with Gasteiger partial charge >= 0.3 is 0 Å². The number of hydrogen-bond donors (Lipinski definition) is 2. The minimum absolute atomic E-state index is 0.154. The van der Waals surface area contributed by atoms with Crippen LogP contribution in [-0.2, 0) is 11.3 Å². The molecule has 0 unspecified atom stereocenters. The Hall–Kier alpha value is -1.55. The zero-order valence-electron chi connectivity index (χ0n) is 14.6. The molecule has 4 bridgehead atoms. The van der Waals surface area contributed by atoms with Crippen LogP contribution in [-0.4, -0.2) is 25.1 Å². The van der Waals surface area contributed by atoms with Crippen molar-refractivity contribution in [3.63, 3.8) is 0 Å². The van der Waals surface area contributed by atoms with Crippen LogP contribution in [0.4, 0.5) is 0 Å². The number of benzene rings is 1. The van der Waals surface area contributed by atoms with Crippen LogP contribution < -0.4 is 15.4 Å². The second kappa shape index (κ2) is 6.40. The molecule has 0 heterocycles. The van der Waals surface area contributed by atoms with Crippen LogP contribution >= 0.6 is 0 Å². The van der Waals surface area contributed by atoms with Crippen molar-refractivity contribution in [1.29, 1.82) is 0 Å². The Morgan fingerprint density at radius 2 is 1.71 bits per heavy atom. The highest BCUT2D eigenvalue weighted by Crippen LogP contribution is 2.54. The van der Waals surface area contributed by atoms with Crippen LogP contribution in [0.2, 0.25) is 0 Å². The first-order valence-corrected chi connectivity index (χ1v) is 9.38. The van der Waals surface area contributed by atoms with Gasteiger partial charge in [0.15, 0.2) is 6.54 Å². The first kappa shape index (κ1) is 15.9. The third-order valence-corrected chi connectivity index (χ3v) is 6.45. The summed E-state index contributed by atoms with van der Waals surface area (Å²) in [4.78, 5) is 12.3. The molecular formula is C20H29N2O2+. The van der Waals surface area contributed by atoms with Gasteiger partial charge in [0, 0.05) is 25.8 Å². The number of amides is 1. The molecule has 4 saturated carbocycles. The lowest BCUT2D eigenvalue weighted by Crippen LogP contribution is -3.00. The fourth-order valence-corrected chi connectivity index (χ4v) is 5.75. The highest BCUT2D eigenvalue weighted by molar-refractivity contribution is 5.76. The Morgan fingerprint density at radius 3 is 2.25 bits per heavy atom. The summed E-state index contributed by atoms with van der Waals surface area (Å²) in [5, 5.41) is 5.43. The maximum atomic E-state index is 12.3. The molecule has 24 heavy (non-hydrogen) atoms. The van der Waals surface area contributed by atoms with Crippen molar-refractivity contribution in [2.24, 2.45) is 17.8 Å². The smallest absolute Gasteiger partial charge is 0.275 e. The number of nitrogens with two attached hydrogens (primary N) is 1. The molecule has 0 saturated heterocycles. The summed E-state index contributed by atoms with van der Waals surface area (Å²) in [5.74, 6) is 3.82. The average molecular weight is 329 g/mol. The SMILES string of the molecule is COc1ccc(CNC(=O)C[NH2+]C23CC4CC(CC(C4)C2)C3)cc1. The molecule has 5 rings (SSSR count). The fourth-order valence-electron chi connectivity index (χ4n) is 5.75. The number of ether oxygens (including phenoxy) is 1. The van der Waals surface area contributed by atoms with Gasteiger partial charge in [0.2, 0.25) is 0 Å². The lowest BCUT2D eigenvalue weighted by Gasteiger charge is -2.54. The Labute approximate surface area is 144 Å². The van der Waals surface area contributed by atoms with Gasteiger partial charge in [0.25, 0.3) is 5.91 Å². The number of hydrogen-bond acceptors (Lipinski definition) is 2. The highest BCUT2D eigenvalue weighted by Gasteiger charge is 2.53. The van der Waals surface area contributed by atoms with Crippen LogP contribution in [0.3, 0.4) is 0 Å². The predicted octanol–water partition coefficient (Wildman–Crippen LogP) is 1.84. The van der Waals surface area contributed by atoms with E-state index in [1.54, 1.807) is 7.11 Å². The molecule has 4 nitrogen and oxygen atoms in total. The maximum Gasteiger partial charge on any atom is 0.275 e. The first-order chi connectivity index (χ1) is 11.6. The van der Waals surface area contributed by atoms with Crippen LogP contribution in [0.5, 0.6) is 5.75 Å². The van der Waals surface area contributed by atoms with Crippen molar-refractivity contribution in [3.8, 4) is 5.75 Å². The average Bonchev–Trinajstić information content (AvgIpc) is 2.57. The van der Waals surface area contributed by atoms with E-state index in [9.17, 15) is 4.79 Å². The van der Waals surface area contributed by atoms with Crippen molar-refractivity contribution in [1.82, 2.24) is 5.32 Å².